The molecule has 2 unspecified atom stereocenters. The van der Waals surface area contributed by atoms with Crippen molar-refractivity contribution in [3.8, 4) is 0 Å². The van der Waals surface area contributed by atoms with E-state index in [1.54, 1.807) is 0 Å². The van der Waals surface area contributed by atoms with E-state index in [1.165, 1.54) is 0 Å². The van der Waals surface area contributed by atoms with Gasteiger partial charge >= 0.3 is 29.2 Å². The van der Waals surface area contributed by atoms with Gasteiger partial charge in [0.05, 0.1) is 0 Å². The van der Waals surface area contributed by atoms with Gasteiger partial charge in [-0.05, 0) is 13.0 Å². The van der Waals surface area contributed by atoms with Crippen molar-refractivity contribution in [2.75, 3.05) is 19.5 Å². The number of hydrogen-bond acceptors (Lipinski definition) is 11. The first-order valence-corrected chi connectivity index (χ1v) is 12.0. The summed E-state index contributed by atoms with van der Waals surface area (Å²) in [6.45, 7) is -1.35. The molecule has 0 bridgehead atoms. The zero-order chi connectivity index (χ0) is 24.5. The molecule has 1 heterocycles. The number of aromatic nitrogens is 2. The van der Waals surface area contributed by atoms with Crippen LogP contribution in [0.1, 0.15) is 6.92 Å². The van der Waals surface area contributed by atoms with Crippen molar-refractivity contribution in [2.45, 2.75) is 24.7 Å². The van der Waals surface area contributed by atoms with Gasteiger partial charge < -0.3 is 35.2 Å². The van der Waals surface area contributed by atoms with Gasteiger partial charge in [-0.15, -0.1) is 0 Å². The topological polar surface area (TPSA) is 250 Å². The maximum absolute atomic E-state index is 15.1. The normalized spacial score (nSPS) is 21.3. The van der Waals surface area contributed by atoms with Crippen LogP contribution in [0.25, 0.3) is 0 Å². The summed E-state index contributed by atoms with van der Waals surface area (Å²) >= 11 is 0. The molecule has 0 aliphatic carbocycles. The van der Waals surface area contributed by atoms with Crippen LogP contribution in [-0.2, 0) is 37.4 Å². The van der Waals surface area contributed by atoms with Crippen molar-refractivity contribution >= 4 is 29.3 Å². The van der Waals surface area contributed by atoms with Crippen molar-refractivity contribution < 1.29 is 65.0 Å². The first-order valence-electron chi connectivity index (χ1n) is 7.50. The first kappa shape index (κ1) is 27.9. The molecule has 21 heteroatoms. The Balaban J connectivity index is 3.08. The average Bonchev–Trinajstić information content (AvgIpc) is 2.55. The number of ether oxygens (including phenoxy) is 1. The number of phosphoric acid groups is 3. The minimum absolute atomic E-state index is 0.117. The molecule has 31 heavy (non-hydrogen) atoms. The predicted molar refractivity (Wildman–Crippen MR) is 94.3 cm³/mol. The molecular formula is C10H18F2N3O13P3. The summed E-state index contributed by atoms with van der Waals surface area (Å²) in [6.07, 6.45) is -2.24. The number of aliphatic hydroxyl groups is 1. The molecule has 0 amide bonds. The monoisotopic (exact) mass is 519 g/mol. The van der Waals surface area contributed by atoms with Crippen LogP contribution in [0, 0.1) is 0 Å². The smallest absolute Gasteiger partial charge is 0.383 e. The van der Waals surface area contributed by atoms with E-state index < -0.39 is 53.5 Å². The number of nitrogen functional groups attached to an aromatic ring is 1. The Bertz CT molecular complexity index is 999. The maximum Gasteiger partial charge on any atom is 0.490 e. The number of hydrogen-bond donors (Lipinski definition) is 6. The number of aliphatic hydroxyl groups excluding tert-OH is 1. The molecule has 0 radical (unpaired) electrons. The Labute approximate surface area is 171 Å². The van der Waals surface area contributed by atoms with E-state index in [1.807, 2.05) is 0 Å². The third kappa shape index (κ3) is 7.75. The van der Waals surface area contributed by atoms with E-state index in [2.05, 4.69) is 22.9 Å². The number of halogens is 2. The van der Waals surface area contributed by atoms with E-state index in [9.17, 15) is 32.9 Å². The first-order chi connectivity index (χ1) is 13.7. The largest absolute Gasteiger partial charge is 0.490 e. The Hall–Kier alpha value is -1.13. The summed E-state index contributed by atoms with van der Waals surface area (Å²) in [7, 11) is -16.8. The third-order valence-corrected chi connectivity index (χ3v) is 7.17. The molecule has 0 aliphatic rings. The van der Waals surface area contributed by atoms with Crippen molar-refractivity contribution in [1.82, 2.24) is 9.55 Å². The standard InChI is InChI=1S/C10H18F2N3O13P3/c1-9(11,15-4-3-6(13)14-8(15)17)7(16)10(12,25-2)5-26-30(21,22)28-31(23,24)27-29(18,19)20/h3-4,7,16H,5H2,1-2H3,(H,21,22)(H,23,24)(H2,13,14,17)(H2,18,19,20)/t7-,9-,10+/m0/s1. The van der Waals surface area contributed by atoms with Crippen LogP contribution < -0.4 is 11.4 Å². The zero-order valence-corrected chi connectivity index (χ0v) is 18.2. The highest BCUT2D eigenvalue weighted by atomic mass is 31.3. The van der Waals surface area contributed by atoms with Gasteiger partial charge in [0.1, 0.15) is 12.4 Å². The van der Waals surface area contributed by atoms with Crippen LogP contribution >= 0.6 is 23.5 Å². The molecule has 0 spiro atoms. The van der Waals surface area contributed by atoms with Gasteiger partial charge in [-0.2, -0.15) is 13.6 Å². The Morgan fingerprint density at radius 3 is 2.19 bits per heavy atom. The van der Waals surface area contributed by atoms with Crippen molar-refractivity contribution in [2.24, 2.45) is 0 Å². The van der Waals surface area contributed by atoms with Crippen molar-refractivity contribution in [3.63, 3.8) is 0 Å². The average molecular weight is 519 g/mol. The highest BCUT2D eigenvalue weighted by Crippen LogP contribution is 2.66. The predicted octanol–water partition coefficient (Wildman–Crippen LogP) is -0.516. The van der Waals surface area contributed by atoms with Crippen molar-refractivity contribution in [1.29, 1.82) is 0 Å². The Morgan fingerprint density at radius 1 is 1.19 bits per heavy atom. The second kappa shape index (κ2) is 9.39. The summed E-state index contributed by atoms with van der Waals surface area (Å²) in [4.78, 5) is 50.2. The molecule has 7 N–H and O–H groups in total. The molecule has 1 aromatic heterocycles. The number of anilines is 1. The molecule has 180 valence electrons. The van der Waals surface area contributed by atoms with Crippen LogP contribution in [-0.4, -0.2) is 59.9 Å². The minimum Gasteiger partial charge on any atom is -0.383 e. The zero-order valence-electron chi connectivity index (χ0n) is 15.5. The molecule has 5 atom stereocenters. The lowest BCUT2D eigenvalue weighted by Crippen LogP contribution is -2.57. The lowest BCUT2D eigenvalue weighted by Gasteiger charge is -2.36. The lowest BCUT2D eigenvalue weighted by atomic mass is 10.0. The van der Waals surface area contributed by atoms with Crippen LogP contribution in [0.4, 0.5) is 14.6 Å². The van der Waals surface area contributed by atoms with Gasteiger partial charge in [0.15, 0.2) is 6.10 Å². The van der Waals surface area contributed by atoms with E-state index in [0.29, 0.717) is 20.2 Å². The number of phosphoric ester groups is 1. The molecule has 0 fully saturated rings. The van der Waals surface area contributed by atoms with Crippen LogP contribution in [0.3, 0.4) is 0 Å². The molecule has 0 aromatic carbocycles. The molecule has 1 rings (SSSR count). The molecule has 0 saturated heterocycles. The maximum atomic E-state index is 15.1. The second-order valence-corrected chi connectivity index (χ2v) is 10.2. The van der Waals surface area contributed by atoms with Crippen LogP contribution in [0.2, 0.25) is 0 Å². The van der Waals surface area contributed by atoms with E-state index in [4.69, 9.17) is 20.4 Å². The van der Waals surface area contributed by atoms with E-state index in [0.717, 1.165) is 6.07 Å². The highest BCUT2D eigenvalue weighted by Gasteiger charge is 2.54. The highest BCUT2D eigenvalue weighted by molar-refractivity contribution is 7.66. The second-order valence-electron chi connectivity index (χ2n) is 5.79. The van der Waals surface area contributed by atoms with Gasteiger partial charge in [0.2, 0.25) is 5.79 Å². The number of nitrogens with zero attached hydrogens (tertiary/aromatic N) is 2. The fraction of sp³-hybridized carbons (Fsp3) is 0.600. The van der Waals surface area contributed by atoms with Crippen LogP contribution in [0.5, 0.6) is 0 Å². The fourth-order valence-corrected chi connectivity index (χ4v) is 5.03. The number of rotatable bonds is 11. The van der Waals surface area contributed by atoms with Gasteiger partial charge in [0.25, 0.3) is 5.85 Å². The van der Waals surface area contributed by atoms with E-state index >= 15 is 4.39 Å². The summed E-state index contributed by atoms with van der Waals surface area (Å²) in [5, 5.41) is 10.1. The SMILES string of the molecule is CO[C@](F)(COP(=O)(O)OP(=O)(O)OP(=O)(O)O)[C@@H](O)[C@@](C)(F)n1ccc(N)nc1=O. The summed E-state index contributed by atoms with van der Waals surface area (Å²) in [5.41, 5.74) is 3.89. The number of alkyl halides is 2. The molecule has 0 aliphatic heterocycles. The molecule has 0 saturated carbocycles. The van der Waals surface area contributed by atoms with Gasteiger partial charge in [0, 0.05) is 13.3 Å². The molecular weight excluding hydrogens is 501 g/mol. The Kier molecular flexibility index (Phi) is 8.45. The minimum atomic E-state index is -5.91. The molecule has 1 aromatic rings. The van der Waals surface area contributed by atoms with Gasteiger partial charge in [-0.25, -0.2) is 27.3 Å². The van der Waals surface area contributed by atoms with Gasteiger partial charge in [-0.3, -0.25) is 9.09 Å². The fourth-order valence-electron chi connectivity index (χ4n) is 2.00. The number of nitrogens with two attached hydrogens (primary N) is 1. The molecule has 16 nitrogen and oxygen atoms in total. The van der Waals surface area contributed by atoms with Crippen LogP contribution in [0.15, 0.2) is 17.1 Å². The summed E-state index contributed by atoms with van der Waals surface area (Å²) in [5.74, 6) is -7.34. The lowest BCUT2D eigenvalue weighted by molar-refractivity contribution is -0.255. The quantitative estimate of drug-likeness (QED) is 0.201. The number of methoxy groups -OCH3 is 1. The third-order valence-electron chi connectivity index (χ3n) is 3.38. The summed E-state index contributed by atoms with van der Waals surface area (Å²) in [6, 6.07) is 0.935. The summed E-state index contributed by atoms with van der Waals surface area (Å²) < 4.78 is 78.7. The van der Waals surface area contributed by atoms with E-state index in [-0.39, 0.29) is 10.4 Å². The van der Waals surface area contributed by atoms with Crippen molar-refractivity contribution in [3.05, 3.63) is 22.7 Å². The Morgan fingerprint density at radius 2 is 1.74 bits per heavy atom. The van der Waals surface area contributed by atoms with Gasteiger partial charge in [-0.1, -0.05) is 0 Å².